The van der Waals surface area contributed by atoms with Gasteiger partial charge in [0.05, 0.1) is 24.1 Å². The molecule has 0 saturated heterocycles. The summed E-state index contributed by atoms with van der Waals surface area (Å²) in [5, 5.41) is 6.87. The van der Waals surface area contributed by atoms with Crippen LogP contribution in [0.15, 0.2) is 120 Å². The van der Waals surface area contributed by atoms with E-state index in [0.29, 0.717) is 17.0 Å². The largest absolute Gasteiger partial charge is 0.470 e. The van der Waals surface area contributed by atoms with E-state index in [1.807, 2.05) is 0 Å². The standard InChI is InChI=1S/C30H26F3N5O2/c1-4-6-8-9-18-40-22(3)19-23(11-7-5-2)29(39)36-25-13-14-28(35-17-15-25)38-27(30(31,32)33)20-26(37-38)24-12-10-16-34-21-24/h4,6,8-16,18-21H,1,17H2,2-3H3,(H,36,39)/b8-6-,18-9+,22-19+,23-11+. The maximum atomic E-state index is 13.8. The summed E-state index contributed by atoms with van der Waals surface area (Å²) in [7, 11) is 0. The van der Waals surface area contributed by atoms with E-state index in [9.17, 15) is 18.0 Å². The Balaban J connectivity index is 1.80. The van der Waals surface area contributed by atoms with E-state index in [1.165, 1.54) is 43.0 Å². The normalized spacial score (nSPS) is 14.3. The topological polar surface area (TPSA) is 81.4 Å². The molecule has 40 heavy (non-hydrogen) atoms. The Kier molecular flexibility index (Phi) is 10.4. The Morgan fingerprint density at radius 1 is 1.25 bits per heavy atom. The van der Waals surface area contributed by atoms with E-state index in [4.69, 9.17) is 4.74 Å². The average Bonchev–Trinajstić information content (AvgIpc) is 3.27. The molecule has 2 aromatic heterocycles. The zero-order valence-electron chi connectivity index (χ0n) is 21.8. The van der Waals surface area contributed by atoms with Gasteiger partial charge in [-0.15, -0.1) is 5.92 Å². The number of halogens is 3. The van der Waals surface area contributed by atoms with E-state index in [1.54, 1.807) is 56.4 Å². The van der Waals surface area contributed by atoms with Crippen LogP contribution in [0.25, 0.3) is 11.3 Å². The molecule has 3 rings (SSSR count). The van der Waals surface area contributed by atoms with Crippen LogP contribution >= 0.6 is 0 Å². The Morgan fingerprint density at radius 3 is 2.77 bits per heavy atom. The lowest BCUT2D eigenvalue weighted by Gasteiger charge is -2.09. The van der Waals surface area contributed by atoms with Gasteiger partial charge in [0.15, 0.2) is 5.69 Å². The number of ether oxygens (including phenoxy) is 1. The molecular formula is C30H26F3N5O2. The number of pyridine rings is 1. The number of aliphatic imine (C=N–C) groups is 1. The minimum Gasteiger partial charge on any atom is -0.470 e. The molecule has 0 spiro atoms. The highest BCUT2D eigenvalue weighted by Gasteiger charge is 2.37. The van der Waals surface area contributed by atoms with Crippen LogP contribution in [-0.2, 0) is 15.7 Å². The predicted octanol–water partition coefficient (Wildman–Crippen LogP) is 5.91. The van der Waals surface area contributed by atoms with Gasteiger partial charge in [0.25, 0.3) is 5.91 Å². The number of aromatic nitrogens is 3. The summed E-state index contributed by atoms with van der Waals surface area (Å²) in [6.07, 6.45) is 13.8. The molecule has 0 fully saturated rings. The molecule has 1 N–H and O–H groups in total. The van der Waals surface area contributed by atoms with Crippen LogP contribution in [0.5, 0.6) is 0 Å². The van der Waals surface area contributed by atoms with Gasteiger partial charge in [-0.05, 0) is 62.4 Å². The molecule has 10 heteroatoms. The lowest BCUT2D eigenvalue weighted by molar-refractivity contribution is -0.142. The van der Waals surface area contributed by atoms with Crippen LogP contribution in [0, 0.1) is 11.8 Å². The zero-order chi connectivity index (χ0) is 29.0. The number of nitrogens with zero attached hydrogens (tertiary/aromatic N) is 4. The van der Waals surface area contributed by atoms with E-state index in [0.717, 1.165) is 10.7 Å². The first kappa shape index (κ1) is 29.4. The lowest BCUT2D eigenvalue weighted by Crippen LogP contribution is -2.23. The molecule has 0 radical (unpaired) electrons. The Labute approximate surface area is 230 Å². The summed E-state index contributed by atoms with van der Waals surface area (Å²) in [5.74, 6) is 5.33. The smallest absolute Gasteiger partial charge is 0.433 e. The van der Waals surface area contributed by atoms with Crippen molar-refractivity contribution in [3.63, 3.8) is 0 Å². The Bertz CT molecular complexity index is 1510. The molecule has 7 nitrogen and oxygen atoms in total. The minimum atomic E-state index is -4.68. The second-order valence-electron chi connectivity index (χ2n) is 8.03. The van der Waals surface area contributed by atoms with Gasteiger partial charge >= 0.3 is 6.18 Å². The monoisotopic (exact) mass is 545 g/mol. The summed E-state index contributed by atoms with van der Waals surface area (Å²) < 4.78 is 47.7. The Morgan fingerprint density at radius 2 is 2.08 bits per heavy atom. The summed E-state index contributed by atoms with van der Waals surface area (Å²) >= 11 is 0. The second kappa shape index (κ2) is 14.1. The SMILES string of the molecule is C=C/C=C\C=C\O/C(C)=C/C(=C\C#CC)C(=O)NC1=CCN=C(n2nc(-c3cccnc3)cc2C(F)(F)F)C=C1. The van der Waals surface area contributed by atoms with Crippen molar-refractivity contribution in [2.75, 3.05) is 6.54 Å². The summed E-state index contributed by atoms with van der Waals surface area (Å²) in [6.45, 7) is 6.89. The van der Waals surface area contributed by atoms with Crippen molar-refractivity contribution < 1.29 is 22.7 Å². The van der Waals surface area contributed by atoms with Crippen molar-refractivity contribution >= 4 is 11.7 Å². The molecule has 2 aromatic rings. The van der Waals surface area contributed by atoms with E-state index >= 15 is 0 Å². The number of hydrogen-bond acceptors (Lipinski definition) is 5. The quantitative estimate of drug-likeness (QED) is 0.194. The Hall–Kier alpha value is -5.17. The maximum Gasteiger partial charge on any atom is 0.433 e. The third-order valence-electron chi connectivity index (χ3n) is 5.09. The summed E-state index contributed by atoms with van der Waals surface area (Å²) in [5.41, 5.74) is 0.106. The molecule has 0 bridgehead atoms. The number of nitrogens with one attached hydrogen (secondary N) is 1. The molecule has 3 heterocycles. The molecule has 0 aliphatic carbocycles. The van der Waals surface area contributed by atoms with Crippen LogP contribution < -0.4 is 5.32 Å². The second-order valence-corrected chi connectivity index (χ2v) is 8.03. The van der Waals surface area contributed by atoms with Crippen molar-refractivity contribution in [2.24, 2.45) is 4.99 Å². The first-order chi connectivity index (χ1) is 19.2. The lowest BCUT2D eigenvalue weighted by atomic mass is 10.2. The van der Waals surface area contributed by atoms with Crippen LogP contribution in [0.2, 0.25) is 0 Å². The van der Waals surface area contributed by atoms with Gasteiger partial charge in [-0.1, -0.05) is 30.7 Å². The van der Waals surface area contributed by atoms with Crippen LogP contribution in [0.3, 0.4) is 0 Å². The third kappa shape index (κ3) is 8.43. The highest BCUT2D eigenvalue weighted by Crippen LogP contribution is 2.32. The molecule has 1 aliphatic rings. The highest BCUT2D eigenvalue weighted by molar-refractivity contribution is 5.99. The van der Waals surface area contributed by atoms with Gasteiger partial charge < -0.3 is 10.1 Å². The molecular weight excluding hydrogens is 519 g/mol. The van der Waals surface area contributed by atoms with Gasteiger partial charge in [-0.2, -0.15) is 18.3 Å². The molecule has 0 saturated carbocycles. The fourth-order valence-corrected chi connectivity index (χ4v) is 3.28. The number of allylic oxidation sites excluding steroid dienone is 8. The van der Waals surface area contributed by atoms with Crippen LogP contribution in [-0.4, -0.2) is 33.1 Å². The molecule has 204 valence electrons. The fourth-order valence-electron chi connectivity index (χ4n) is 3.28. The van der Waals surface area contributed by atoms with Gasteiger partial charge in [0, 0.05) is 29.7 Å². The molecule has 1 amide bonds. The van der Waals surface area contributed by atoms with Crippen molar-refractivity contribution in [3.8, 4) is 23.1 Å². The van der Waals surface area contributed by atoms with Crippen LogP contribution in [0.4, 0.5) is 13.2 Å². The third-order valence-corrected chi connectivity index (χ3v) is 5.09. The van der Waals surface area contributed by atoms with Crippen molar-refractivity contribution in [1.82, 2.24) is 20.1 Å². The zero-order valence-corrected chi connectivity index (χ0v) is 21.8. The summed E-state index contributed by atoms with van der Waals surface area (Å²) in [6, 6.07) is 4.17. The van der Waals surface area contributed by atoms with Gasteiger partial charge in [-0.25, -0.2) is 4.68 Å². The maximum absolute atomic E-state index is 13.8. The number of carbonyl (C=O) groups is 1. The first-order valence-electron chi connectivity index (χ1n) is 12.0. The number of hydrogen-bond donors (Lipinski definition) is 1. The number of rotatable bonds is 8. The minimum absolute atomic E-state index is 0.00609. The fraction of sp³-hybridized carbons (Fsp3) is 0.133. The van der Waals surface area contributed by atoms with E-state index in [-0.39, 0.29) is 23.6 Å². The van der Waals surface area contributed by atoms with Crippen molar-refractivity contribution in [2.45, 2.75) is 20.0 Å². The first-order valence-corrected chi connectivity index (χ1v) is 12.0. The number of amides is 1. The van der Waals surface area contributed by atoms with Crippen LogP contribution in [0.1, 0.15) is 19.5 Å². The molecule has 1 aliphatic heterocycles. The highest BCUT2D eigenvalue weighted by atomic mass is 19.4. The predicted molar refractivity (Wildman–Crippen MR) is 148 cm³/mol. The molecule has 0 aromatic carbocycles. The molecule has 0 unspecified atom stereocenters. The summed E-state index contributed by atoms with van der Waals surface area (Å²) in [4.78, 5) is 21.2. The van der Waals surface area contributed by atoms with E-state index < -0.39 is 17.8 Å². The van der Waals surface area contributed by atoms with Gasteiger partial charge in [0.1, 0.15) is 11.6 Å². The van der Waals surface area contributed by atoms with Gasteiger partial charge in [-0.3, -0.25) is 14.8 Å². The van der Waals surface area contributed by atoms with Crippen molar-refractivity contribution in [3.05, 3.63) is 121 Å². The van der Waals surface area contributed by atoms with Crippen molar-refractivity contribution in [1.29, 1.82) is 0 Å². The van der Waals surface area contributed by atoms with Gasteiger partial charge in [0.2, 0.25) is 0 Å². The number of carbonyl (C=O) groups excluding carboxylic acids is 1. The number of alkyl halides is 3. The van der Waals surface area contributed by atoms with E-state index in [2.05, 4.69) is 38.8 Å². The molecule has 0 atom stereocenters. The average molecular weight is 546 g/mol.